The summed E-state index contributed by atoms with van der Waals surface area (Å²) in [5, 5.41) is 9.51. The second-order valence-electron chi connectivity index (χ2n) is 4.46. The zero-order valence-electron chi connectivity index (χ0n) is 11.7. The van der Waals surface area contributed by atoms with Gasteiger partial charge in [-0.1, -0.05) is 11.6 Å². The Morgan fingerprint density at radius 1 is 1.23 bits per heavy atom. The molecule has 8 heteroatoms. The van der Waals surface area contributed by atoms with Crippen LogP contribution in [0, 0.1) is 25.2 Å². The summed E-state index contributed by atoms with van der Waals surface area (Å²) >= 11 is 6.99. The van der Waals surface area contributed by atoms with Crippen molar-refractivity contribution in [3.63, 3.8) is 0 Å². The second-order valence-corrected chi connectivity index (χ2v) is 8.01. The van der Waals surface area contributed by atoms with E-state index in [0.717, 1.165) is 0 Å². The number of carbonyl (C=O) groups is 1. The third-order valence-corrected chi connectivity index (χ3v) is 5.57. The van der Waals surface area contributed by atoms with Crippen LogP contribution in [0.15, 0.2) is 29.2 Å². The van der Waals surface area contributed by atoms with Crippen molar-refractivity contribution >= 4 is 38.9 Å². The molecule has 0 saturated carbocycles. The number of nitrogens with one attached hydrogen (secondary N) is 1. The Labute approximate surface area is 137 Å². The number of benzene rings is 1. The lowest BCUT2D eigenvalue weighted by atomic mass is 10.1. The molecule has 0 atom stereocenters. The van der Waals surface area contributed by atoms with Gasteiger partial charge in [0.2, 0.25) is 0 Å². The summed E-state index contributed by atoms with van der Waals surface area (Å²) in [6.07, 6.45) is 0. The second kappa shape index (κ2) is 6.08. The molecule has 1 N–H and O–H groups in total. The van der Waals surface area contributed by atoms with E-state index < -0.39 is 15.9 Å². The van der Waals surface area contributed by atoms with Gasteiger partial charge in [-0.2, -0.15) is 5.26 Å². The minimum atomic E-state index is -4.02. The number of aryl methyl sites for hydroxylation is 2. The Bertz CT molecular complexity index is 878. The van der Waals surface area contributed by atoms with E-state index in [1.165, 1.54) is 35.6 Å². The summed E-state index contributed by atoms with van der Waals surface area (Å²) in [4.78, 5) is 13.4. The number of nitrogens with zero attached hydrogens (tertiary/aromatic N) is 1. The lowest BCUT2D eigenvalue weighted by Crippen LogP contribution is -2.31. The van der Waals surface area contributed by atoms with Gasteiger partial charge in [-0.15, -0.1) is 11.3 Å². The van der Waals surface area contributed by atoms with Gasteiger partial charge in [0.1, 0.15) is 6.07 Å². The quantitative estimate of drug-likeness (QED) is 0.917. The molecule has 2 rings (SSSR count). The highest BCUT2D eigenvalue weighted by atomic mass is 35.5. The Hall–Kier alpha value is -1.88. The molecule has 0 aliphatic rings. The van der Waals surface area contributed by atoms with Gasteiger partial charge in [-0.05, 0) is 38.1 Å². The molecule has 0 fully saturated rings. The monoisotopic (exact) mass is 354 g/mol. The first-order chi connectivity index (χ1) is 10.3. The summed E-state index contributed by atoms with van der Waals surface area (Å²) in [6.45, 7) is 3.38. The van der Waals surface area contributed by atoms with Crippen LogP contribution < -0.4 is 4.72 Å². The van der Waals surface area contributed by atoms with Gasteiger partial charge in [-0.3, -0.25) is 4.79 Å². The number of halogens is 1. The first kappa shape index (κ1) is 16.5. The predicted octanol–water partition coefficient (Wildman–Crippen LogP) is 3.01. The van der Waals surface area contributed by atoms with Gasteiger partial charge in [0, 0.05) is 14.8 Å². The topological polar surface area (TPSA) is 87.0 Å². The first-order valence-electron chi connectivity index (χ1n) is 6.09. The average molecular weight is 355 g/mol. The van der Waals surface area contributed by atoms with Gasteiger partial charge in [0.15, 0.2) is 0 Å². The number of hydrogen-bond acceptors (Lipinski definition) is 5. The molecule has 0 unspecified atom stereocenters. The van der Waals surface area contributed by atoms with Crippen molar-refractivity contribution in [2.24, 2.45) is 0 Å². The minimum Gasteiger partial charge on any atom is -0.268 e. The molecule has 5 nitrogen and oxygen atoms in total. The number of thiophene rings is 1. The summed E-state index contributed by atoms with van der Waals surface area (Å²) in [5.41, 5.74) is 0.300. The lowest BCUT2D eigenvalue weighted by Gasteiger charge is -2.07. The van der Waals surface area contributed by atoms with Crippen molar-refractivity contribution in [1.29, 1.82) is 5.26 Å². The fourth-order valence-electron chi connectivity index (χ4n) is 1.94. The van der Waals surface area contributed by atoms with Gasteiger partial charge in [-0.25, -0.2) is 13.1 Å². The van der Waals surface area contributed by atoms with Gasteiger partial charge in [0.05, 0.1) is 16.0 Å². The average Bonchev–Trinajstić information content (AvgIpc) is 2.72. The predicted molar refractivity (Wildman–Crippen MR) is 84.6 cm³/mol. The molecule has 0 bridgehead atoms. The van der Waals surface area contributed by atoms with Crippen LogP contribution in [0.3, 0.4) is 0 Å². The maximum Gasteiger partial charge on any atom is 0.267 e. The highest BCUT2D eigenvalue weighted by molar-refractivity contribution is 7.90. The molecular formula is C14H11ClN2O3S2. The highest BCUT2D eigenvalue weighted by Gasteiger charge is 2.24. The van der Waals surface area contributed by atoms with Crippen molar-refractivity contribution in [2.75, 3.05) is 0 Å². The van der Waals surface area contributed by atoms with Crippen molar-refractivity contribution < 1.29 is 13.2 Å². The van der Waals surface area contributed by atoms with Crippen LogP contribution in [-0.4, -0.2) is 14.3 Å². The van der Waals surface area contributed by atoms with Crippen molar-refractivity contribution in [2.45, 2.75) is 18.7 Å². The zero-order chi connectivity index (χ0) is 16.5. The summed E-state index contributed by atoms with van der Waals surface area (Å²) in [5.74, 6) is -0.812. The molecule has 22 heavy (non-hydrogen) atoms. The smallest absolute Gasteiger partial charge is 0.267 e. The fourth-order valence-corrected chi connectivity index (χ4v) is 4.03. The van der Waals surface area contributed by atoms with Crippen LogP contribution in [0.5, 0.6) is 0 Å². The molecular weight excluding hydrogens is 344 g/mol. The number of amides is 1. The van der Waals surface area contributed by atoms with E-state index in [0.29, 0.717) is 14.8 Å². The zero-order valence-corrected chi connectivity index (χ0v) is 14.1. The number of rotatable bonds is 3. The van der Waals surface area contributed by atoms with E-state index in [4.69, 9.17) is 16.9 Å². The van der Waals surface area contributed by atoms with Gasteiger partial charge >= 0.3 is 0 Å². The van der Waals surface area contributed by atoms with Crippen LogP contribution in [0.2, 0.25) is 5.02 Å². The maximum absolute atomic E-state index is 12.3. The molecule has 0 saturated heterocycles. The maximum atomic E-state index is 12.3. The largest absolute Gasteiger partial charge is 0.268 e. The van der Waals surface area contributed by atoms with E-state index in [1.54, 1.807) is 13.8 Å². The molecule has 114 valence electrons. The van der Waals surface area contributed by atoms with Crippen molar-refractivity contribution in [3.05, 3.63) is 50.2 Å². The van der Waals surface area contributed by atoms with Crippen LogP contribution in [0.1, 0.15) is 25.7 Å². The molecule has 1 amide bonds. The number of hydrogen-bond donors (Lipinski definition) is 1. The Morgan fingerprint density at radius 3 is 2.36 bits per heavy atom. The Morgan fingerprint density at radius 2 is 1.82 bits per heavy atom. The molecule has 0 radical (unpaired) electrons. The van der Waals surface area contributed by atoms with E-state index in [2.05, 4.69) is 0 Å². The molecule has 1 aromatic heterocycles. The number of sulfonamides is 1. The lowest BCUT2D eigenvalue weighted by molar-refractivity contribution is 0.0981. The van der Waals surface area contributed by atoms with E-state index in [1.807, 2.05) is 10.8 Å². The van der Waals surface area contributed by atoms with Crippen LogP contribution in [0.25, 0.3) is 0 Å². The third kappa shape index (κ3) is 3.14. The third-order valence-electron chi connectivity index (χ3n) is 2.95. The molecule has 1 heterocycles. The molecule has 0 aliphatic carbocycles. The first-order valence-corrected chi connectivity index (χ1v) is 8.77. The van der Waals surface area contributed by atoms with Crippen LogP contribution in [0.4, 0.5) is 0 Å². The molecule has 1 aromatic carbocycles. The summed E-state index contributed by atoms with van der Waals surface area (Å²) < 4.78 is 26.4. The normalized spacial score (nSPS) is 11.0. The van der Waals surface area contributed by atoms with Crippen LogP contribution in [-0.2, 0) is 10.0 Å². The van der Waals surface area contributed by atoms with E-state index >= 15 is 0 Å². The summed E-state index contributed by atoms with van der Waals surface area (Å²) in [6, 6.07) is 7.37. The fraction of sp³-hybridized carbons (Fsp3) is 0.143. The van der Waals surface area contributed by atoms with Gasteiger partial charge < -0.3 is 0 Å². The molecule has 0 spiro atoms. The molecule has 2 aromatic rings. The minimum absolute atomic E-state index is 0.0756. The van der Waals surface area contributed by atoms with Gasteiger partial charge in [0.25, 0.3) is 15.9 Å². The Balaban J connectivity index is 2.37. The Kier molecular flexibility index (Phi) is 4.56. The van der Waals surface area contributed by atoms with E-state index in [9.17, 15) is 13.2 Å². The molecule has 0 aliphatic heterocycles. The number of nitriles is 1. The summed E-state index contributed by atoms with van der Waals surface area (Å²) in [7, 11) is -4.02. The SMILES string of the molecule is Cc1sc(C)c(C(=O)NS(=O)(=O)c2ccc(Cl)cc2)c1C#N. The van der Waals surface area contributed by atoms with Crippen molar-refractivity contribution in [1.82, 2.24) is 4.72 Å². The highest BCUT2D eigenvalue weighted by Crippen LogP contribution is 2.27. The van der Waals surface area contributed by atoms with Crippen LogP contribution >= 0.6 is 22.9 Å². The number of carbonyl (C=O) groups excluding carboxylic acids is 1. The standard InChI is InChI=1S/C14H11ClN2O3S2/c1-8-12(7-16)13(9(2)21-8)14(18)17-22(19,20)11-5-3-10(15)4-6-11/h3-6H,1-2H3,(H,17,18). The van der Waals surface area contributed by atoms with Crippen molar-refractivity contribution in [3.8, 4) is 6.07 Å². The van der Waals surface area contributed by atoms with E-state index in [-0.39, 0.29) is 16.0 Å².